The molecule has 4 aliphatic rings. The van der Waals surface area contributed by atoms with Gasteiger partial charge in [0.05, 0.1) is 12.3 Å². The van der Waals surface area contributed by atoms with Gasteiger partial charge in [0.2, 0.25) is 17.8 Å². The second-order valence-corrected chi connectivity index (χ2v) is 8.07. The van der Waals surface area contributed by atoms with Crippen LogP contribution in [0.1, 0.15) is 42.6 Å². The lowest BCUT2D eigenvalue weighted by molar-refractivity contribution is -0.140. The van der Waals surface area contributed by atoms with Crippen molar-refractivity contribution >= 4 is 17.8 Å². The van der Waals surface area contributed by atoms with Crippen LogP contribution in [-0.4, -0.2) is 57.3 Å². The minimum absolute atomic E-state index is 0.0405. The Labute approximate surface area is 154 Å². The molecule has 5 rings (SSSR count). The van der Waals surface area contributed by atoms with E-state index in [0.29, 0.717) is 19.0 Å². The molecule has 140 valence electrons. The number of anilines is 1. The Hall–Kier alpha value is -2.18. The highest BCUT2D eigenvalue weighted by Gasteiger charge is 2.43. The van der Waals surface area contributed by atoms with Crippen molar-refractivity contribution in [3.8, 4) is 0 Å². The van der Waals surface area contributed by atoms with Gasteiger partial charge < -0.3 is 15.5 Å². The molecule has 7 heteroatoms. The molecule has 3 aliphatic heterocycles. The van der Waals surface area contributed by atoms with Crippen LogP contribution >= 0.6 is 0 Å². The van der Waals surface area contributed by atoms with E-state index in [4.69, 9.17) is 5.73 Å². The topological polar surface area (TPSA) is 92.4 Å². The summed E-state index contributed by atoms with van der Waals surface area (Å²) in [7, 11) is 0. The highest BCUT2D eigenvalue weighted by molar-refractivity contribution is 5.84. The van der Waals surface area contributed by atoms with Crippen molar-refractivity contribution in [2.75, 3.05) is 25.4 Å². The van der Waals surface area contributed by atoms with Crippen molar-refractivity contribution in [3.63, 3.8) is 0 Å². The van der Waals surface area contributed by atoms with Crippen molar-refractivity contribution in [3.05, 3.63) is 17.0 Å². The summed E-state index contributed by atoms with van der Waals surface area (Å²) in [6, 6.07) is 0.177. The van der Waals surface area contributed by atoms with Gasteiger partial charge in [-0.15, -0.1) is 0 Å². The molecule has 2 atom stereocenters. The highest BCUT2D eigenvalue weighted by Crippen LogP contribution is 2.35. The van der Waals surface area contributed by atoms with Crippen LogP contribution in [0.25, 0.3) is 0 Å². The molecule has 4 heterocycles. The molecule has 0 unspecified atom stereocenters. The summed E-state index contributed by atoms with van der Waals surface area (Å²) in [5, 5.41) is 0. The zero-order valence-electron chi connectivity index (χ0n) is 15.6. The van der Waals surface area contributed by atoms with Gasteiger partial charge in [-0.3, -0.25) is 9.59 Å². The standard InChI is InChI=1S/C19H27N5O2/c1-11-16(12(2)22-19(20)21-11)7-17(25)23-9-14-5-6-15(10-23)24(18(14)26)8-13-3-4-13/h13-15H,3-10H2,1-2H3,(H2,20,21,22)/t14-,15+/m0/s1. The van der Waals surface area contributed by atoms with E-state index in [-0.39, 0.29) is 36.1 Å². The number of carbonyl (C=O) groups is 2. The summed E-state index contributed by atoms with van der Waals surface area (Å²) in [4.78, 5) is 38.1. The zero-order chi connectivity index (χ0) is 18.4. The number of rotatable bonds is 4. The molecule has 1 aliphatic carbocycles. The number of nitrogens with two attached hydrogens (primary N) is 1. The van der Waals surface area contributed by atoms with Gasteiger partial charge in [0, 0.05) is 42.6 Å². The lowest BCUT2D eigenvalue weighted by Crippen LogP contribution is -2.48. The predicted octanol–water partition coefficient (Wildman–Crippen LogP) is 1.08. The van der Waals surface area contributed by atoms with E-state index in [1.54, 1.807) is 0 Å². The molecule has 1 aromatic rings. The predicted molar refractivity (Wildman–Crippen MR) is 97.2 cm³/mol. The van der Waals surface area contributed by atoms with E-state index in [1.807, 2.05) is 18.7 Å². The van der Waals surface area contributed by atoms with Crippen LogP contribution in [0.2, 0.25) is 0 Å². The van der Waals surface area contributed by atoms with Crippen molar-refractivity contribution in [1.82, 2.24) is 19.8 Å². The second-order valence-electron chi connectivity index (χ2n) is 8.07. The number of nitrogen functional groups attached to an aromatic ring is 1. The lowest BCUT2D eigenvalue weighted by Gasteiger charge is -2.36. The number of hydrogen-bond acceptors (Lipinski definition) is 5. The summed E-state index contributed by atoms with van der Waals surface area (Å²) in [6.45, 7) is 5.80. The smallest absolute Gasteiger partial charge is 0.227 e. The molecule has 0 radical (unpaired) electrons. The summed E-state index contributed by atoms with van der Waals surface area (Å²) < 4.78 is 0. The van der Waals surface area contributed by atoms with Gasteiger partial charge >= 0.3 is 0 Å². The minimum Gasteiger partial charge on any atom is -0.368 e. The first-order valence-corrected chi connectivity index (χ1v) is 9.60. The molecule has 0 spiro atoms. The van der Waals surface area contributed by atoms with E-state index < -0.39 is 0 Å². The van der Waals surface area contributed by atoms with Crippen LogP contribution in [0.4, 0.5) is 5.95 Å². The van der Waals surface area contributed by atoms with E-state index >= 15 is 0 Å². The van der Waals surface area contributed by atoms with E-state index in [2.05, 4.69) is 14.9 Å². The van der Waals surface area contributed by atoms with Crippen molar-refractivity contribution in [2.45, 2.75) is 52.0 Å². The third kappa shape index (κ3) is 3.27. The van der Waals surface area contributed by atoms with Crippen LogP contribution in [0.15, 0.2) is 0 Å². The van der Waals surface area contributed by atoms with E-state index in [0.717, 1.165) is 36.3 Å². The summed E-state index contributed by atoms with van der Waals surface area (Å²) in [5.74, 6) is 1.19. The number of amides is 2. The first-order valence-electron chi connectivity index (χ1n) is 9.60. The average Bonchev–Trinajstić information content (AvgIpc) is 3.41. The molecule has 1 aromatic heterocycles. The number of aromatic nitrogens is 2. The Morgan fingerprint density at radius 1 is 1.12 bits per heavy atom. The number of carbonyl (C=O) groups excluding carboxylic acids is 2. The maximum atomic E-state index is 13.0. The molecule has 4 fully saturated rings. The first-order chi connectivity index (χ1) is 12.4. The van der Waals surface area contributed by atoms with Crippen LogP contribution in [0, 0.1) is 25.7 Å². The van der Waals surface area contributed by atoms with Gasteiger partial charge in [0.15, 0.2) is 0 Å². The Morgan fingerprint density at radius 3 is 2.46 bits per heavy atom. The van der Waals surface area contributed by atoms with Gasteiger partial charge in [0.1, 0.15) is 0 Å². The fourth-order valence-electron chi connectivity index (χ4n) is 4.35. The van der Waals surface area contributed by atoms with Crippen molar-refractivity contribution < 1.29 is 9.59 Å². The first kappa shape index (κ1) is 17.2. The minimum atomic E-state index is -0.0405. The monoisotopic (exact) mass is 357 g/mol. The third-order valence-electron chi connectivity index (χ3n) is 6.06. The molecule has 2 amide bonds. The zero-order valence-corrected chi connectivity index (χ0v) is 15.6. The number of aryl methyl sites for hydroxylation is 2. The number of nitrogens with zero attached hydrogens (tertiary/aromatic N) is 4. The Bertz CT molecular complexity index is 722. The second kappa shape index (κ2) is 6.52. The van der Waals surface area contributed by atoms with Crippen LogP contribution in [0.5, 0.6) is 0 Å². The van der Waals surface area contributed by atoms with Gasteiger partial charge in [0.25, 0.3) is 0 Å². The SMILES string of the molecule is Cc1nc(N)nc(C)c1CC(=O)N1C[C@@H]2CC[C@H](C1)N(CC1CC1)C2=O. The number of piperidine rings is 1. The Kier molecular flexibility index (Phi) is 4.32. The number of fused-ring (bicyclic) bond motifs is 4. The van der Waals surface area contributed by atoms with Gasteiger partial charge in [-0.25, -0.2) is 9.97 Å². The molecule has 26 heavy (non-hydrogen) atoms. The molecule has 7 nitrogen and oxygen atoms in total. The largest absolute Gasteiger partial charge is 0.368 e. The van der Waals surface area contributed by atoms with Crippen LogP contribution < -0.4 is 5.73 Å². The third-order valence-corrected chi connectivity index (χ3v) is 6.06. The van der Waals surface area contributed by atoms with Gasteiger partial charge in [-0.1, -0.05) is 0 Å². The van der Waals surface area contributed by atoms with Crippen LogP contribution in [-0.2, 0) is 16.0 Å². The quantitative estimate of drug-likeness (QED) is 0.870. The Morgan fingerprint density at radius 2 is 1.81 bits per heavy atom. The molecule has 1 saturated carbocycles. The van der Waals surface area contributed by atoms with Gasteiger partial charge in [-0.2, -0.15) is 0 Å². The van der Waals surface area contributed by atoms with E-state index in [9.17, 15) is 9.59 Å². The summed E-state index contributed by atoms with van der Waals surface area (Å²) in [6.07, 6.45) is 4.65. The fourth-order valence-corrected chi connectivity index (χ4v) is 4.35. The highest BCUT2D eigenvalue weighted by atomic mass is 16.2. The summed E-state index contributed by atoms with van der Waals surface area (Å²) in [5.41, 5.74) is 8.05. The molecular formula is C19H27N5O2. The molecule has 2 N–H and O–H groups in total. The average molecular weight is 357 g/mol. The lowest BCUT2D eigenvalue weighted by atomic mass is 9.94. The maximum absolute atomic E-state index is 13.0. The normalized spacial score (nSPS) is 25.5. The van der Waals surface area contributed by atoms with Crippen molar-refractivity contribution in [2.24, 2.45) is 11.8 Å². The van der Waals surface area contributed by atoms with Crippen LogP contribution in [0.3, 0.4) is 0 Å². The molecule has 0 aromatic carbocycles. The fraction of sp³-hybridized carbons (Fsp3) is 0.684. The maximum Gasteiger partial charge on any atom is 0.227 e. The molecule has 3 saturated heterocycles. The molecular weight excluding hydrogens is 330 g/mol. The summed E-state index contributed by atoms with van der Waals surface area (Å²) >= 11 is 0. The molecule has 2 bridgehead atoms. The van der Waals surface area contributed by atoms with Gasteiger partial charge in [-0.05, 0) is 45.4 Å². The number of hydrogen-bond donors (Lipinski definition) is 1. The van der Waals surface area contributed by atoms with E-state index in [1.165, 1.54) is 12.8 Å². The Balaban J connectivity index is 1.50. The van der Waals surface area contributed by atoms with Crippen molar-refractivity contribution in [1.29, 1.82) is 0 Å².